The van der Waals surface area contributed by atoms with Gasteiger partial charge in [-0.05, 0) is 12.1 Å². The first-order valence-corrected chi connectivity index (χ1v) is 3.92. The Morgan fingerprint density at radius 1 is 1.69 bits per heavy atom. The zero-order valence-electron chi connectivity index (χ0n) is 7.27. The highest BCUT2D eigenvalue weighted by atomic mass is 15.1. The Bertz CT molecular complexity index is 292. The number of hydrogen-bond donors (Lipinski definition) is 2. The van der Waals surface area contributed by atoms with Crippen LogP contribution in [0.2, 0.25) is 0 Å². The van der Waals surface area contributed by atoms with Crippen LogP contribution in [0.3, 0.4) is 0 Å². The minimum Gasteiger partial charge on any atom is -0.370 e. The van der Waals surface area contributed by atoms with E-state index in [1.807, 2.05) is 18.2 Å². The second kappa shape index (κ2) is 4.92. The van der Waals surface area contributed by atoms with E-state index in [4.69, 9.17) is 5.73 Å². The zero-order chi connectivity index (χ0) is 9.52. The number of rotatable bonds is 3. The average molecular weight is 176 g/mol. The van der Waals surface area contributed by atoms with Crippen LogP contribution in [-0.4, -0.2) is 17.5 Å². The highest BCUT2D eigenvalue weighted by molar-refractivity contribution is 5.91. The van der Waals surface area contributed by atoms with E-state index in [2.05, 4.69) is 21.9 Å². The van der Waals surface area contributed by atoms with Crippen molar-refractivity contribution in [1.82, 2.24) is 4.98 Å². The lowest BCUT2D eigenvalue weighted by molar-refractivity contribution is 1.21. The van der Waals surface area contributed by atoms with Gasteiger partial charge in [0.2, 0.25) is 0 Å². The molecule has 68 valence electrons. The topological polar surface area (TPSA) is 63.3 Å². The minimum absolute atomic E-state index is 0.346. The highest BCUT2D eigenvalue weighted by Gasteiger charge is 1.92. The first-order valence-electron chi connectivity index (χ1n) is 3.92. The second-order valence-corrected chi connectivity index (χ2v) is 2.35. The molecule has 0 bridgehead atoms. The summed E-state index contributed by atoms with van der Waals surface area (Å²) < 4.78 is 0. The van der Waals surface area contributed by atoms with E-state index in [9.17, 15) is 0 Å². The van der Waals surface area contributed by atoms with E-state index < -0.39 is 0 Å². The van der Waals surface area contributed by atoms with Crippen LogP contribution >= 0.6 is 0 Å². The van der Waals surface area contributed by atoms with Crippen LogP contribution in [0.15, 0.2) is 42.0 Å². The SMILES string of the molecule is C=CCN=C(N)Nc1ccccn1. The Kier molecular flexibility index (Phi) is 3.50. The minimum atomic E-state index is 0.346. The van der Waals surface area contributed by atoms with E-state index in [0.717, 1.165) is 0 Å². The molecule has 0 amide bonds. The molecule has 3 N–H and O–H groups in total. The van der Waals surface area contributed by atoms with Gasteiger partial charge in [-0.2, -0.15) is 0 Å². The maximum Gasteiger partial charge on any atom is 0.194 e. The van der Waals surface area contributed by atoms with Crippen LogP contribution in [0.25, 0.3) is 0 Å². The van der Waals surface area contributed by atoms with Crippen molar-refractivity contribution in [3.05, 3.63) is 37.1 Å². The molecule has 0 aliphatic carbocycles. The number of nitrogens with zero attached hydrogens (tertiary/aromatic N) is 2. The van der Waals surface area contributed by atoms with E-state index in [1.54, 1.807) is 12.3 Å². The van der Waals surface area contributed by atoms with Gasteiger partial charge >= 0.3 is 0 Å². The summed E-state index contributed by atoms with van der Waals surface area (Å²) in [4.78, 5) is 7.99. The summed E-state index contributed by atoms with van der Waals surface area (Å²) >= 11 is 0. The monoisotopic (exact) mass is 176 g/mol. The lowest BCUT2D eigenvalue weighted by atomic mass is 10.5. The average Bonchev–Trinajstić information content (AvgIpc) is 2.16. The molecule has 0 aliphatic rings. The van der Waals surface area contributed by atoms with Crippen molar-refractivity contribution in [3.8, 4) is 0 Å². The Morgan fingerprint density at radius 2 is 2.54 bits per heavy atom. The maximum absolute atomic E-state index is 5.54. The number of nitrogens with one attached hydrogen (secondary N) is 1. The number of pyridine rings is 1. The quantitative estimate of drug-likeness (QED) is 0.410. The number of nitrogens with two attached hydrogens (primary N) is 1. The van der Waals surface area contributed by atoms with E-state index in [-0.39, 0.29) is 0 Å². The van der Waals surface area contributed by atoms with E-state index in [0.29, 0.717) is 18.3 Å². The molecule has 0 atom stereocenters. The maximum atomic E-state index is 5.54. The van der Waals surface area contributed by atoms with E-state index >= 15 is 0 Å². The molecule has 0 fully saturated rings. The lowest BCUT2D eigenvalue weighted by Crippen LogP contribution is -2.23. The molecule has 0 aliphatic heterocycles. The van der Waals surface area contributed by atoms with Crippen molar-refractivity contribution in [2.24, 2.45) is 10.7 Å². The molecule has 4 nitrogen and oxygen atoms in total. The third-order valence-corrected chi connectivity index (χ3v) is 1.31. The van der Waals surface area contributed by atoms with Gasteiger partial charge in [0.05, 0.1) is 6.54 Å². The number of anilines is 1. The molecule has 0 saturated carbocycles. The van der Waals surface area contributed by atoms with Crippen molar-refractivity contribution in [2.75, 3.05) is 11.9 Å². The standard InChI is InChI=1S/C9H12N4/c1-2-6-12-9(10)13-8-5-3-4-7-11-8/h2-5,7H,1,6H2,(H3,10,11,12,13). The molecule has 0 unspecified atom stereocenters. The highest BCUT2D eigenvalue weighted by Crippen LogP contribution is 1.98. The van der Waals surface area contributed by atoms with Gasteiger partial charge in [0.1, 0.15) is 5.82 Å². The summed E-state index contributed by atoms with van der Waals surface area (Å²) in [6, 6.07) is 5.52. The predicted octanol–water partition coefficient (Wildman–Crippen LogP) is 0.994. The molecule has 4 heteroatoms. The summed E-state index contributed by atoms with van der Waals surface area (Å²) in [7, 11) is 0. The van der Waals surface area contributed by atoms with Gasteiger partial charge in [0, 0.05) is 6.20 Å². The summed E-state index contributed by atoms with van der Waals surface area (Å²) in [6.07, 6.45) is 3.36. The number of hydrogen-bond acceptors (Lipinski definition) is 2. The van der Waals surface area contributed by atoms with Gasteiger partial charge in [-0.3, -0.25) is 0 Å². The van der Waals surface area contributed by atoms with Crippen LogP contribution in [0.1, 0.15) is 0 Å². The Labute approximate surface area is 77.2 Å². The van der Waals surface area contributed by atoms with Crippen molar-refractivity contribution < 1.29 is 0 Å². The van der Waals surface area contributed by atoms with Gasteiger partial charge in [-0.25, -0.2) is 9.98 Å². The summed E-state index contributed by atoms with van der Waals surface area (Å²) in [5.41, 5.74) is 5.54. The molecular formula is C9H12N4. The van der Waals surface area contributed by atoms with Gasteiger partial charge in [-0.15, -0.1) is 6.58 Å². The van der Waals surface area contributed by atoms with Crippen LogP contribution in [-0.2, 0) is 0 Å². The van der Waals surface area contributed by atoms with Gasteiger partial charge in [0.15, 0.2) is 5.96 Å². The Morgan fingerprint density at radius 3 is 3.15 bits per heavy atom. The Balaban J connectivity index is 2.54. The first kappa shape index (κ1) is 9.25. The molecule has 0 aromatic carbocycles. The fourth-order valence-corrected chi connectivity index (χ4v) is 0.770. The molecule has 0 radical (unpaired) electrons. The van der Waals surface area contributed by atoms with Crippen LogP contribution < -0.4 is 11.1 Å². The first-order chi connectivity index (χ1) is 6.33. The van der Waals surface area contributed by atoms with Crippen molar-refractivity contribution in [3.63, 3.8) is 0 Å². The number of aromatic nitrogens is 1. The fourth-order valence-electron chi connectivity index (χ4n) is 0.770. The molecule has 1 heterocycles. The Hall–Kier alpha value is -1.84. The van der Waals surface area contributed by atoms with Crippen LogP contribution in [0.5, 0.6) is 0 Å². The van der Waals surface area contributed by atoms with Gasteiger partial charge in [-0.1, -0.05) is 12.1 Å². The number of guanidine groups is 1. The fraction of sp³-hybridized carbons (Fsp3) is 0.111. The molecule has 13 heavy (non-hydrogen) atoms. The van der Waals surface area contributed by atoms with Gasteiger partial charge < -0.3 is 11.1 Å². The van der Waals surface area contributed by atoms with Crippen LogP contribution in [0, 0.1) is 0 Å². The third-order valence-electron chi connectivity index (χ3n) is 1.31. The smallest absolute Gasteiger partial charge is 0.194 e. The number of aliphatic imine (C=N–C) groups is 1. The summed E-state index contributed by atoms with van der Waals surface area (Å²) in [5, 5.41) is 2.85. The molecule has 0 saturated heterocycles. The summed E-state index contributed by atoms with van der Waals surface area (Å²) in [5.74, 6) is 1.03. The molecule has 1 rings (SSSR count). The normalized spacial score (nSPS) is 10.9. The van der Waals surface area contributed by atoms with Crippen molar-refractivity contribution in [1.29, 1.82) is 0 Å². The van der Waals surface area contributed by atoms with Gasteiger partial charge in [0.25, 0.3) is 0 Å². The van der Waals surface area contributed by atoms with Crippen molar-refractivity contribution in [2.45, 2.75) is 0 Å². The van der Waals surface area contributed by atoms with Crippen LogP contribution in [0.4, 0.5) is 5.82 Å². The zero-order valence-corrected chi connectivity index (χ0v) is 7.27. The molecular weight excluding hydrogens is 164 g/mol. The summed E-state index contributed by atoms with van der Waals surface area (Å²) in [6.45, 7) is 4.04. The van der Waals surface area contributed by atoms with E-state index in [1.165, 1.54) is 0 Å². The second-order valence-electron chi connectivity index (χ2n) is 2.35. The molecule has 0 spiro atoms. The molecule has 1 aromatic rings. The van der Waals surface area contributed by atoms with Crippen molar-refractivity contribution >= 4 is 11.8 Å². The lowest BCUT2D eigenvalue weighted by Gasteiger charge is -2.02. The predicted molar refractivity (Wildman–Crippen MR) is 54.5 cm³/mol. The third kappa shape index (κ3) is 3.37. The molecule has 1 aromatic heterocycles. The largest absolute Gasteiger partial charge is 0.370 e.